The minimum atomic E-state index is -0.216. The Hall–Kier alpha value is -5.55. The molecule has 2 nitrogen and oxygen atoms in total. The Morgan fingerprint density at radius 1 is 0.569 bits per heavy atom. The number of nitrogens with one attached hydrogen (secondary N) is 1. The van der Waals surface area contributed by atoms with Gasteiger partial charge < -0.3 is 5.32 Å². The summed E-state index contributed by atoms with van der Waals surface area (Å²) in [4.78, 5) is 6.65. The summed E-state index contributed by atoms with van der Waals surface area (Å²) < 4.78 is 3.94. The van der Waals surface area contributed by atoms with E-state index in [-0.39, 0.29) is 11.5 Å². The fourth-order valence-electron chi connectivity index (χ4n) is 8.70. The first kappa shape index (κ1) is 29.2. The fourth-order valence-corrected chi connectivity index (χ4v) is 11.1. The van der Waals surface area contributed by atoms with Gasteiger partial charge in [-0.05, 0) is 80.0 Å². The second-order valence-corrected chi connectivity index (χ2v) is 16.5. The highest BCUT2D eigenvalue weighted by molar-refractivity contribution is 7.25. The van der Waals surface area contributed by atoms with Crippen LogP contribution >= 0.6 is 22.7 Å². The van der Waals surface area contributed by atoms with Gasteiger partial charge in [0.1, 0.15) is 5.84 Å². The molecule has 0 saturated carbocycles. The average molecular weight is 689 g/mol. The molecular formula is C47H32N2S2. The van der Waals surface area contributed by atoms with Crippen LogP contribution in [0.15, 0.2) is 151 Å². The van der Waals surface area contributed by atoms with Gasteiger partial charge >= 0.3 is 0 Å². The van der Waals surface area contributed by atoms with Crippen LogP contribution in [0, 0.1) is 0 Å². The lowest BCUT2D eigenvalue weighted by Gasteiger charge is -2.27. The van der Waals surface area contributed by atoms with Gasteiger partial charge in [0.25, 0.3) is 0 Å². The van der Waals surface area contributed by atoms with Gasteiger partial charge in [0, 0.05) is 41.2 Å². The minimum Gasteiger partial charge on any atom is -0.358 e. The lowest BCUT2D eigenvalue weighted by Crippen LogP contribution is -2.32. The molecule has 0 saturated heterocycles. The number of aliphatic imine (C=N–C) groups is 1. The minimum absolute atomic E-state index is 0.0314. The Bertz CT molecular complexity index is 2930. The zero-order valence-electron chi connectivity index (χ0n) is 28.2. The van der Waals surface area contributed by atoms with Gasteiger partial charge in [-0.2, -0.15) is 0 Å². The van der Waals surface area contributed by atoms with Gasteiger partial charge in [-0.3, -0.25) is 0 Å². The zero-order chi connectivity index (χ0) is 33.8. The molecule has 1 aliphatic heterocycles. The monoisotopic (exact) mass is 688 g/mol. The summed E-state index contributed by atoms with van der Waals surface area (Å²) in [5, 5.41) is 10.4. The lowest BCUT2D eigenvalue weighted by molar-refractivity contribution is 0.666. The van der Waals surface area contributed by atoms with Crippen molar-refractivity contribution in [1.29, 1.82) is 0 Å². The van der Waals surface area contributed by atoms with Crippen molar-refractivity contribution >= 4 is 75.2 Å². The summed E-state index contributed by atoms with van der Waals surface area (Å²) >= 11 is 3.73. The van der Waals surface area contributed by atoms with Gasteiger partial charge in [0.2, 0.25) is 0 Å². The summed E-state index contributed by atoms with van der Waals surface area (Å²) in [6.07, 6.45) is 0. The Morgan fingerprint density at radius 2 is 1.25 bits per heavy atom. The molecule has 0 spiro atoms. The molecule has 242 valence electrons. The van der Waals surface area contributed by atoms with E-state index in [4.69, 9.17) is 4.99 Å². The van der Waals surface area contributed by atoms with Gasteiger partial charge in [-0.25, -0.2) is 4.99 Å². The van der Waals surface area contributed by atoms with Crippen molar-refractivity contribution in [2.45, 2.75) is 25.3 Å². The quantitative estimate of drug-likeness (QED) is 0.196. The second kappa shape index (κ2) is 10.7. The fraction of sp³-hybridized carbons (Fsp3) is 0.0851. The van der Waals surface area contributed by atoms with Crippen molar-refractivity contribution in [3.8, 4) is 22.3 Å². The van der Waals surface area contributed by atoms with Gasteiger partial charge in [-0.15, -0.1) is 22.7 Å². The number of fused-ring (bicyclic) bond motifs is 11. The van der Waals surface area contributed by atoms with E-state index in [9.17, 15) is 0 Å². The van der Waals surface area contributed by atoms with E-state index in [0.29, 0.717) is 0 Å². The summed E-state index contributed by atoms with van der Waals surface area (Å²) in [5.41, 5.74) is 11.2. The zero-order valence-corrected chi connectivity index (χ0v) is 29.8. The van der Waals surface area contributed by atoms with Crippen LogP contribution < -0.4 is 5.32 Å². The predicted octanol–water partition coefficient (Wildman–Crippen LogP) is 13.2. The molecule has 1 atom stereocenters. The van der Waals surface area contributed by atoms with E-state index in [1.54, 1.807) is 0 Å². The van der Waals surface area contributed by atoms with Crippen molar-refractivity contribution in [2.75, 3.05) is 0 Å². The molecule has 0 bridgehead atoms. The van der Waals surface area contributed by atoms with Crippen LogP contribution in [0.3, 0.4) is 0 Å². The number of hydrogen-bond donors (Lipinski definition) is 1. The van der Waals surface area contributed by atoms with Crippen LogP contribution in [0.5, 0.6) is 0 Å². The van der Waals surface area contributed by atoms with E-state index in [1.807, 2.05) is 22.7 Å². The highest BCUT2D eigenvalue weighted by atomic mass is 32.1. The van der Waals surface area contributed by atoms with Gasteiger partial charge in [0.15, 0.2) is 0 Å². The highest BCUT2D eigenvalue weighted by Crippen LogP contribution is 2.56. The summed E-state index contributed by atoms with van der Waals surface area (Å²) in [7, 11) is 0. The molecule has 2 aromatic heterocycles. The highest BCUT2D eigenvalue weighted by Gasteiger charge is 2.39. The van der Waals surface area contributed by atoms with Crippen molar-refractivity contribution in [3.63, 3.8) is 0 Å². The SMILES string of the molecule is CC1(C)c2cc(C3=Nc4c(sc5ccccc45)C(c4ccccc4)N3)ccc2-c2c(-c3ccc4c(c3)sc3ccccc34)cc3ccccc3c21. The molecule has 2 aliphatic rings. The molecular weight excluding hydrogens is 657 g/mol. The van der Waals surface area contributed by atoms with E-state index in [0.717, 1.165) is 17.1 Å². The maximum absolute atomic E-state index is 5.38. The third-order valence-electron chi connectivity index (χ3n) is 11.1. The molecule has 11 rings (SSSR count). The van der Waals surface area contributed by atoms with E-state index in [2.05, 4.69) is 165 Å². The first-order chi connectivity index (χ1) is 25.0. The average Bonchev–Trinajstić information content (AvgIpc) is 3.82. The number of nitrogens with zero attached hydrogens (tertiary/aromatic N) is 1. The summed E-state index contributed by atoms with van der Waals surface area (Å²) in [6, 6.07) is 53.7. The third-order valence-corrected chi connectivity index (χ3v) is 13.5. The van der Waals surface area contributed by atoms with E-state index in [1.165, 1.54) is 84.9 Å². The van der Waals surface area contributed by atoms with Gasteiger partial charge in [0.05, 0.1) is 16.6 Å². The molecule has 1 N–H and O–H groups in total. The first-order valence-electron chi connectivity index (χ1n) is 17.6. The van der Waals surface area contributed by atoms with Crippen molar-refractivity contribution in [3.05, 3.63) is 173 Å². The largest absolute Gasteiger partial charge is 0.358 e. The number of amidine groups is 1. The van der Waals surface area contributed by atoms with E-state index < -0.39 is 0 Å². The molecule has 0 amide bonds. The van der Waals surface area contributed by atoms with E-state index >= 15 is 0 Å². The van der Waals surface area contributed by atoms with Crippen LogP contribution in [0.1, 0.15) is 47.0 Å². The number of hydrogen-bond acceptors (Lipinski definition) is 4. The molecule has 0 fully saturated rings. The van der Waals surface area contributed by atoms with Crippen molar-refractivity contribution in [2.24, 2.45) is 4.99 Å². The van der Waals surface area contributed by atoms with Crippen molar-refractivity contribution < 1.29 is 0 Å². The van der Waals surface area contributed by atoms with Crippen LogP contribution in [0.4, 0.5) is 5.69 Å². The van der Waals surface area contributed by atoms with Gasteiger partial charge in [-0.1, -0.05) is 129 Å². The molecule has 3 heterocycles. The van der Waals surface area contributed by atoms with Crippen LogP contribution in [0.2, 0.25) is 0 Å². The third kappa shape index (κ3) is 4.24. The number of thiophene rings is 2. The molecule has 1 unspecified atom stereocenters. The number of rotatable bonds is 3. The molecule has 0 radical (unpaired) electrons. The maximum atomic E-state index is 5.38. The maximum Gasteiger partial charge on any atom is 0.134 e. The second-order valence-electron chi connectivity index (χ2n) is 14.3. The molecule has 1 aliphatic carbocycles. The molecule has 51 heavy (non-hydrogen) atoms. The van der Waals surface area contributed by atoms with Crippen LogP contribution in [-0.2, 0) is 5.41 Å². The topological polar surface area (TPSA) is 24.4 Å². The van der Waals surface area contributed by atoms with Crippen molar-refractivity contribution in [1.82, 2.24) is 5.32 Å². The van der Waals surface area contributed by atoms with Crippen LogP contribution in [-0.4, -0.2) is 5.84 Å². The Morgan fingerprint density at radius 3 is 2.10 bits per heavy atom. The lowest BCUT2D eigenvalue weighted by atomic mass is 9.79. The Balaban J connectivity index is 1.11. The molecule has 4 heteroatoms. The standard InChI is InChI=1S/C47H32N2S2/c1-47(2)37-25-30(46-48-43(27-12-4-3-5-13-27)45-44(49-46)35-17-9-11-19-39(35)51-45)21-23-34(37)41-36(24-28-14-6-7-15-31(28)42(41)47)29-20-22-33-32-16-8-10-18-38(32)50-40(33)26-29/h3-26,43H,1-2H3,(H,48,49). The normalized spacial score (nSPS) is 15.9. The predicted molar refractivity (Wildman–Crippen MR) is 219 cm³/mol. The summed E-state index contributed by atoms with van der Waals surface area (Å²) in [5.74, 6) is 0.926. The Kier molecular flexibility index (Phi) is 6.14. The smallest absolute Gasteiger partial charge is 0.134 e. The first-order valence-corrected chi connectivity index (χ1v) is 19.2. The Labute approximate surface area is 304 Å². The number of benzene rings is 7. The molecule has 9 aromatic rings. The summed E-state index contributed by atoms with van der Waals surface area (Å²) in [6.45, 7) is 4.81. The van der Waals surface area contributed by atoms with Crippen LogP contribution in [0.25, 0.3) is 63.3 Å². The molecule has 7 aromatic carbocycles.